The SMILES string of the molecule is CC(C)(C)S(=O)N=C1CCC(O[Si-](C)(C)C(C)(C)C)CC1. The van der Waals surface area contributed by atoms with Crippen LogP contribution in [0, 0.1) is 0 Å². The van der Waals surface area contributed by atoms with E-state index in [1.54, 1.807) is 0 Å². The van der Waals surface area contributed by atoms with E-state index in [1.165, 1.54) is 0 Å². The molecule has 0 radical (unpaired) electrons. The minimum atomic E-state index is -1.68. The molecule has 1 aliphatic carbocycles. The third-order valence-corrected chi connectivity index (χ3v) is 10.5. The zero-order valence-corrected chi connectivity index (χ0v) is 16.9. The average Bonchev–Trinajstić information content (AvgIpc) is 2.28. The van der Waals surface area contributed by atoms with Crippen LogP contribution in [0.3, 0.4) is 0 Å². The van der Waals surface area contributed by atoms with Crippen LogP contribution in [0.4, 0.5) is 0 Å². The molecule has 1 unspecified atom stereocenters. The fourth-order valence-electron chi connectivity index (χ4n) is 1.98. The first kappa shape index (κ1) is 19.0. The molecule has 0 aromatic rings. The van der Waals surface area contributed by atoms with E-state index in [1.807, 2.05) is 20.8 Å². The third kappa shape index (κ3) is 5.60. The Morgan fingerprint density at radius 3 is 1.95 bits per heavy atom. The van der Waals surface area contributed by atoms with Crippen molar-refractivity contribution in [1.29, 1.82) is 0 Å². The van der Waals surface area contributed by atoms with Crippen molar-refractivity contribution in [3.8, 4) is 0 Å². The number of nitrogens with zero attached hydrogens (tertiary/aromatic N) is 1. The summed E-state index contributed by atoms with van der Waals surface area (Å²) in [6, 6.07) is 0. The normalized spacial score (nSPS) is 23.0. The second kappa shape index (κ2) is 6.63. The molecule has 0 heterocycles. The van der Waals surface area contributed by atoms with Gasteiger partial charge in [0.25, 0.3) is 0 Å². The van der Waals surface area contributed by atoms with Crippen LogP contribution in [0.5, 0.6) is 0 Å². The van der Waals surface area contributed by atoms with Gasteiger partial charge in [-0.25, -0.2) is 4.21 Å². The predicted molar refractivity (Wildman–Crippen MR) is 95.9 cm³/mol. The van der Waals surface area contributed by atoms with E-state index < -0.39 is 19.3 Å². The van der Waals surface area contributed by atoms with Gasteiger partial charge in [0.15, 0.2) is 0 Å². The van der Waals surface area contributed by atoms with Crippen molar-refractivity contribution < 1.29 is 8.63 Å². The lowest BCUT2D eigenvalue weighted by molar-refractivity contribution is 0.159. The highest BCUT2D eigenvalue weighted by Crippen LogP contribution is 2.39. The van der Waals surface area contributed by atoms with Crippen LogP contribution >= 0.6 is 0 Å². The summed E-state index contributed by atoms with van der Waals surface area (Å²) in [5.41, 5.74) is 1.11. The van der Waals surface area contributed by atoms with Crippen LogP contribution in [0.2, 0.25) is 18.1 Å². The number of rotatable bonds is 3. The summed E-state index contributed by atoms with van der Waals surface area (Å²) in [5.74, 6) is 0. The summed E-state index contributed by atoms with van der Waals surface area (Å²) in [6.07, 6.45) is 4.26. The van der Waals surface area contributed by atoms with Crippen molar-refractivity contribution in [2.75, 3.05) is 0 Å². The Kier molecular flexibility index (Phi) is 6.01. The topological polar surface area (TPSA) is 38.7 Å². The molecule has 1 aliphatic rings. The van der Waals surface area contributed by atoms with Crippen molar-refractivity contribution in [1.82, 2.24) is 0 Å². The van der Waals surface area contributed by atoms with Gasteiger partial charge in [0, 0.05) is 11.8 Å². The molecule has 0 spiro atoms. The van der Waals surface area contributed by atoms with Gasteiger partial charge in [-0.05, 0) is 54.8 Å². The highest BCUT2D eigenvalue weighted by atomic mass is 32.2. The molecule has 125 valence electrons. The van der Waals surface area contributed by atoms with E-state index in [9.17, 15) is 4.21 Å². The smallest absolute Gasteiger partial charge is 0.144 e. The van der Waals surface area contributed by atoms with Crippen LogP contribution < -0.4 is 0 Å². The maximum absolute atomic E-state index is 12.1. The molecular weight excluding hydrogens is 298 g/mol. The van der Waals surface area contributed by atoms with E-state index in [0.29, 0.717) is 6.10 Å². The van der Waals surface area contributed by atoms with E-state index in [-0.39, 0.29) is 9.79 Å². The molecular formula is C16H33NO2SSi-. The molecule has 5 heteroatoms. The summed E-state index contributed by atoms with van der Waals surface area (Å²) < 4.78 is 22.7. The van der Waals surface area contributed by atoms with Gasteiger partial charge in [-0.15, -0.1) is 18.1 Å². The van der Waals surface area contributed by atoms with E-state index in [2.05, 4.69) is 38.3 Å². The molecule has 0 aliphatic heterocycles. The Morgan fingerprint density at radius 1 is 1.10 bits per heavy atom. The minimum absolute atomic E-state index is 0.259. The quantitative estimate of drug-likeness (QED) is 0.693. The fraction of sp³-hybridized carbons (Fsp3) is 0.938. The van der Waals surface area contributed by atoms with Crippen LogP contribution in [0.1, 0.15) is 67.2 Å². The van der Waals surface area contributed by atoms with Gasteiger partial charge >= 0.3 is 0 Å². The molecule has 21 heavy (non-hydrogen) atoms. The van der Waals surface area contributed by atoms with Crippen molar-refractivity contribution >= 4 is 25.0 Å². The fourth-order valence-corrected chi connectivity index (χ4v) is 4.09. The molecule has 1 rings (SSSR count). The first-order chi connectivity index (χ1) is 9.33. The summed E-state index contributed by atoms with van der Waals surface area (Å²) in [6.45, 7) is 17.4. The zero-order valence-electron chi connectivity index (χ0n) is 15.1. The lowest BCUT2D eigenvalue weighted by Crippen LogP contribution is -2.44. The predicted octanol–water partition coefficient (Wildman–Crippen LogP) is 4.85. The van der Waals surface area contributed by atoms with Crippen molar-refractivity contribution in [2.24, 2.45) is 4.40 Å². The monoisotopic (exact) mass is 331 g/mol. The van der Waals surface area contributed by atoms with E-state index in [0.717, 1.165) is 31.4 Å². The second-order valence-corrected chi connectivity index (χ2v) is 15.3. The molecule has 1 atom stereocenters. The molecule has 1 fully saturated rings. The van der Waals surface area contributed by atoms with Crippen LogP contribution in [-0.4, -0.2) is 29.1 Å². The largest absolute Gasteiger partial charge is 0.562 e. The summed E-state index contributed by atoms with van der Waals surface area (Å²) in [7, 11) is -2.80. The minimum Gasteiger partial charge on any atom is -0.562 e. The van der Waals surface area contributed by atoms with E-state index >= 15 is 0 Å². The Bertz CT molecular complexity index is 409. The van der Waals surface area contributed by atoms with Gasteiger partial charge in [-0.2, -0.15) is 4.40 Å². The van der Waals surface area contributed by atoms with E-state index in [4.69, 9.17) is 4.43 Å². The van der Waals surface area contributed by atoms with Gasteiger partial charge in [0.1, 0.15) is 11.0 Å². The van der Waals surface area contributed by atoms with Crippen LogP contribution in [0.25, 0.3) is 0 Å². The van der Waals surface area contributed by atoms with Crippen molar-refractivity contribution in [2.45, 2.75) is 96.2 Å². The first-order valence-electron chi connectivity index (χ1n) is 7.99. The summed E-state index contributed by atoms with van der Waals surface area (Å²) in [5, 5.41) is 0.259. The molecule has 1 saturated carbocycles. The highest BCUT2D eigenvalue weighted by molar-refractivity contribution is 7.85. The number of hydrogen-bond donors (Lipinski definition) is 0. The highest BCUT2D eigenvalue weighted by Gasteiger charge is 2.29. The zero-order chi connectivity index (χ0) is 16.5. The van der Waals surface area contributed by atoms with Crippen LogP contribution in [0.15, 0.2) is 4.40 Å². The van der Waals surface area contributed by atoms with Crippen molar-refractivity contribution in [3.63, 3.8) is 0 Å². The Balaban J connectivity index is 2.58. The lowest BCUT2D eigenvalue weighted by atomic mass is 9.96. The van der Waals surface area contributed by atoms with Gasteiger partial charge in [0.05, 0.1) is 4.75 Å². The Morgan fingerprint density at radius 2 is 1.57 bits per heavy atom. The van der Waals surface area contributed by atoms with Gasteiger partial charge < -0.3 is 4.43 Å². The molecule has 0 amide bonds. The summed E-state index contributed by atoms with van der Waals surface area (Å²) in [4.78, 5) is 0. The maximum atomic E-state index is 12.1. The molecule has 3 nitrogen and oxygen atoms in total. The van der Waals surface area contributed by atoms with Crippen LogP contribution in [-0.2, 0) is 15.4 Å². The Hall–Kier alpha value is -0.00312. The van der Waals surface area contributed by atoms with Gasteiger partial charge in [0.2, 0.25) is 0 Å². The molecule has 0 N–H and O–H groups in total. The standard InChI is InChI=1S/C16H33NO2SSi/c1-15(2,3)20(18)17-13-9-11-14(12-10-13)19-21(7,8)16(4,5)6/h14H,9-12H2,1-8H3/q-1. The van der Waals surface area contributed by atoms with Crippen molar-refractivity contribution in [3.05, 3.63) is 0 Å². The molecule has 0 saturated heterocycles. The maximum Gasteiger partial charge on any atom is 0.144 e. The second-order valence-electron chi connectivity index (χ2n) is 8.60. The number of hydrogen-bond acceptors (Lipinski definition) is 2. The molecule has 0 aromatic carbocycles. The average molecular weight is 332 g/mol. The van der Waals surface area contributed by atoms with Gasteiger partial charge in [-0.3, -0.25) is 0 Å². The Labute approximate surface area is 134 Å². The third-order valence-electron chi connectivity index (χ3n) is 4.51. The molecule has 0 aromatic heterocycles. The first-order valence-corrected chi connectivity index (χ1v) is 12.0. The molecule has 0 bridgehead atoms. The lowest BCUT2D eigenvalue weighted by Gasteiger charge is -2.51. The van der Waals surface area contributed by atoms with Gasteiger partial charge in [-0.1, -0.05) is 20.8 Å². The summed E-state index contributed by atoms with van der Waals surface area (Å²) >= 11 is 0.